The van der Waals surface area contributed by atoms with E-state index in [-0.39, 0.29) is 12.5 Å². The molecule has 0 bridgehead atoms. The molecule has 0 unspecified atom stereocenters. The number of ether oxygens (including phenoxy) is 1. The molecule has 2 aromatic heterocycles. The number of aryl methyl sites for hydroxylation is 1. The first-order valence-corrected chi connectivity index (χ1v) is 6.88. The van der Waals surface area contributed by atoms with E-state index in [1.54, 1.807) is 24.2 Å². The molecule has 112 valence electrons. The summed E-state index contributed by atoms with van der Waals surface area (Å²) < 4.78 is 6.77. The number of nitrogens with one attached hydrogen (secondary N) is 1. The van der Waals surface area contributed by atoms with Gasteiger partial charge in [-0.2, -0.15) is 5.10 Å². The molecule has 0 fully saturated rings. The zero-order chi connectivity index (χ0) is 15.5. The Morgan fingerprint density at radius 3 is 2.91 bits per heavy atom. The van der Waals surface area contributed by atoms with Crippen LogP contribution in [0.3, 0.4) is 0 Å². The summed E-state index contributed by atoms with van der Waals surface area (Å²) in [4.78, 5) is 16.3. The molecule has 3 aromatic rings. The highest BCUT2D eigenvalue weighted by Gasteiger charge is 2.06. The van der Waals surface area contributed by atoms with Gasteiger partial charge in [-0.1, -0.05) is 0 Å². The Kier molecular flexibility index (Phi) is 3.74. The number of carbonyl (C=O) groups is 1. The van der Waals surface area contributed by atoms with Crippen molar-refractivity contribution in [3.8, 4) is 5.75 Å². The number of hydrogen-bond donors (Lipinski definition) is 1. The fourth-order valence-electron chi connectivity index (χ4n) is 2.20. The summed E-state index contributed by atoms with van der Waals surface area (Å²) >= 11 is 0. The van der Waals surface area contributed by atoms with Crippen LogP contribution in [0.4, 0.5) is 5.69 Å². The second kappa shape index (κ2) is 5.85. The number of nitrogens with zero attached hydrogens (tertiary/aromatic N) is 3. The summed E-state index contributed by atoms with van der Waals surface area (Å²) in [5.41, 5.74) is 2.36. The second-order valence-electron chi connectivity index (χ2n) is 4.99. The number of fused-ring (bicyclic) bond motifs is 1. The Morgan fingerprint density at radius 1 is 1.32 bits per heavy atom. The van der Waals surface area contributed by atoms with Gasteiger partial charge >= 0.3 is 0 Å². The molecule has 1 aromatic carbocycles. The summed E-state index contributed by atoms with van der Waals surface area (Å²) in [6, 6.07) is 9.37. The number of aromatic nitrogens is 3. The highest BCUT2D eigenvalue weighted by molar-refractivity contribution is 5.93. The van der Waals surface area contributed by atoms with Crippen molar-refractivity contribution in [2.45, 2.75) is 13.5 Å². The predicted molar refractivity (Wildman–Crippen MR) is 83.9 cm³/mol. The van der Waals surface area contributed by atoms with Crippen molar-refractivity contribution in [2.24, 2.45) is 0 Å². The number of methoxy groups -OCH3 is 1. The van der Waals surface area contributed by atoms with Crippen LogP contribution in [0.15, 0.2) is 42.7 Å². The Labute approximate surface area is 127 Å². The summed E-state index contributed by atoms with van der Waals surface area (Å²) in [5, 5.41) is 7.95. The predicted octanol–water partition coefficient (Wildman–Crippen LogP) is 2.39. The molecule has 0 atom stereocenters. The molecule has 3 rings (SSSR count). The van der Waals surface area contributed by atoms with Crippen LogP contribution in [0.25, 0.3) is 10.9 Å². The molecular formula is C16H16N4O2. The highest BCUT2D eigenvalue weighted by atomic mass is 16.5. The lowest BCUT2D eigenvalue weighted by molar-refractivity contribution is -0.116. The third-order valence-corrected chi connectivity index (χ3v) is 3.25. The third kappa shape index (κ3) is 3.06. The van der Waals surface area contributed by atoms with Crippen LogP contribution >= 0.6 is 0 Å². The number of rotatable bonds is 4. The van der Waals surface area contributed by atoms with Gasteiger partial charge in [-0.25, -0.2) is 0 Å². The van der Waals surface area contributed by atoms with Gasteiger partial charge in [0.05, 0.1) is 30.2 Å². The molecule has 0 saturated heterocycles. The van der Waals surface area contributed by atoms with Gasteiger partial charge in [0.1, 0.15) is 12.3 Å². The largest absolute Gasteiger partial charge is 0.497 e. The van der Waals surface area contributed by atoms with Crippen LogP contribution < -0.4 is 10.1 Å². The fourth-order valence-corrected chi connectivity index (χ4v) is 2.20. The van der Waals surface area contributed by atoms with Gasteiger partial charge in [-0.3, -0.25) is 14.5 Å². The van der Waals surface area contributed by atoms with Crippen LogP contribution in [-0.2, 0) is 11.3 Å². The van der Waals surface area contributed by atoms with Crippen LogP contribution in [0.1, 0.15) is 5.69 Å². The number of pyridine rings is 1. The van der Waals surface area contributed by atoms with Gasteiger partial charge in [0, 0.05) is 17.6 Å². The molecule has 6 nitrogen and oxygen atoms in total. The lowest BCUT2D eigenvalue weighted by Gasteiger charge is -2.07. The maximum atomic E-state index is 12.0. The Morgan fingerprint density at radius 2 is 2.18 bits per heavy atom. The minimum absolute atomic E-state index is 0.141. The monoisotopic (exact) mass is 296 g/mol. The fraction of sp³-hybridized carbons (Fsp3) is 0.188. The minimum atomic E-state index is -0.141. The lowest BCUT2D eigenvalue weighted by atomic mass is 10.2. The molecule has 0 aliphatic carbocycles. The van der Waals surface area contributed by atoms with Gasteiger partial charge in [0.2, 0.25) is 5.91 Å². The molecule has 0 saturated carbocycles. The van der Waals surface area contributed by atoms with Crippen LogP contribution in [0.2, 0.25) is 0 Å². The van der Waals surface area contributed by atoms with E-state index in [0.29, 0.717) is 5.69 Å². The first-order chi connectivity index (χ1) is 10.6. The molecule has 1 N–H and O–H groups in total. The molecule has 0 spiro atoms. The van der Waals surface area contributed by atoms with E-state index in [1.165, 1.54) is 0 Å². The molecule has 22 heavy (non-hydrogen) atoms. The first kappa shape index (κ1) is 14.1. The maximum absolute atomic E-state index is 12.0. The van der Waals surface area contributed by atoms with E-state index in [0.717, 1.165) is 22.3 Å². The van der Waals surface area contributed by atoms with Crippen LogP contribution in [0.5, 0.6) is 5.75 Å². The summed E-state index contributed by atoms with van der Waals surface area (Å²) in [7, 11) is 1.62. The van der Waals surface area contributed by atoms with Gasteiger partial charge in [-0.05, 0) is 31.2 Å². The minimum Gasteiger partial charge on any atom is -0.497 e. The van der Waals surface area contributed by atoms with Crippen LogP contribution in [-0.4, -0.2) is 27.8 Å². The molecule has 0 radical (unpaired) electrons. The van der Waals surface area contributed by atoms with Crippen molar-refractivity contribution in [3.63, 3.8) is 0 Å². The zero-order valence-corrected chi connectivity index (χ0v) is 12.4. The van der Waals surface area contributed by atoms with E-state index in [9.17, 15) is 4.79 Å². The first-order valence-electron chi connectivity index (χ1n) is 6.88. The van der Waals surface area contributed by atoms with Gasteiger partial charge < -0.3 is 10.1 Å². The quantitative estimate of drug-likeness (QED) is 0.802. The second-order valence-corrected chi connectivity index (χ2v) is 4.99. The van der Waals surface area contributed by atoms with E-state index in [2.05, 4.69) is 15.4 Å². The lowest BCUT2D eigenvalue weighted by Crippen LogP contribution is -2.19. The summed E-state index contributed by atoms with van der Waals surface area (Å²) in [5.74, 6) is 0.614. The van der Waals surface area contributed by atoms with Gasteiger partial charge in [-0.15, -0.1) is 0 Å². The van der Waals surface area contributed by atoms with Gasteiger partial charge in [0.25, 0.3) is 0 Å². The number of hydrogen-bond acceptors (Lipinski definition) is 4. The van der Waals surface area contributed by atoms with E-state index < -0.39 is 0 Å². The standard InChI is InChI=1S/C16H16N4O2/c1-11-5-6-20(19-11)10-16(21)18-13-7-12-3-4-14(22-2)8-15(12)17-9-13/h3-9H,10H2,1-2H3,(H,18,21). The summed E-state index contributed by atoms with van der Waals surface area (Å²) in [6.07, 6.45) is 3.41. The van der Waals surface area contributed by atoms with Gasteiger partial charge in [0.15, 0.2) is 0 Å². The SMILES string of the molecule is COc1ccc2cc(NC(=O)Cn3ccc(C)n3)cnc2c1. The van der Waals surface area contributed by atoms with Crippen molar-refractivity contribution in [1.29, 1.82) is 0 Å². The smallest absolute Gasteiger partial charge is 0.246 e. The van der Waals surface area contributed by atoms with Crippen molar-refractivity contribution < 1.29 is 9.53 Å². The topological polar surface area (TPSA) is 69.0 Å². The average molecular weight is 296 g/mol. The maximum Gasteiger partial charge on any atom is 0.246 e. The van der Waals surface area contributed by atoms with E-state index >= 15 is 0 Å². The molecule has 0 aliphatic rings. The van der Waals surface area contributed by atoms with Crippen LogP contribution in [0, 0.1) is 6.92 Å². The highest BCUT2D eigenvalue weighted by Crippen LogP contribution is 2.21. The normalized spacial score (nSPS) is 10.6. The Bertz CT molecular complexity index is 826. The Balaban J connectivity index is 1.74. The molecular weight excluding hydrogens is 280 g/mol. The van der Waals surface area contributed by atoms with Crippen molar-refractivity contribution >= 4 is 22.5 Å². The number of carbonyl (C=O) groups excluding carboxylic acids is 1. The van der Waals surface area contributed by atoms with Crippen molar-refractivity contribution in [1.82, 2.24) is 14.8 Å². The summed E-state index contributed by atoms with van der Waals surface area (Å²) in [6.45, 7) is 2.06. The number of benzene rings is 1. The van der Waals surface area contributed by atoms with Crippen molar-refractivity contribution in [3.05, 3.63) is 48.4 Å². The Hall–Kier alpha value is -2.89. The zero-order valence-electron chi connectivity index (χ0n) is 12.4. The molecule has 2 heterocycles. The van der Waals surface area contributed by atoms with E-state index in [4.69, 9.17) is 4.74 Å². The molecule has 1 amide bonds. The van der Waals surface area contributed by atoms with Crippen molar-refractivity contribution in [2.75, 3.05) is 12.4 Å². The number of anilines is 1. The third-order valence-electron chi connectivity index (χ3n) is 3.25. The molecule has 0 aliphatic heterocycles. The average Bonchev–Trinajstić information content (AvgIpc) is 2.91. The van der Waals surface area contributed by atoms with E-state index in [1.807, 2.05) is 37.3 Å². The number of amides is 1. The molecule has 6 heteroatoms.